The van der Waals surface area contributed by atoms with Gasteiger partial charge in [-0.2, -0.15) is 5.10 Å². The summed E-state index contributed by atoms with van der Waals surface area (Å²) in [5.41, 5.74) is 3.53. The Morgan fingerprint density at radius 3 is 3.04 bits per heavy atom. The molecular weight excluding hydrogens is 358 g/mol. The summed E-state index contributed by atoms with van der Waals surface area (Å²) in [6.45, 7) is 6.68. The number of hydrogen-bond donors (Lipinski definition) is 1. The van der Waals surface area contributed by atoms with E-state index in [1.165, 1.54) is 0 Å². The standard InChI is InChI=1S/C20H23N5O3/c1-3-24-11-16(18(26)15-5-4-13(2)23-19(15)24)20(27)21-7-8-25-17-6-9-28-12-14(17)10-22-25/h4-5,10-11H,3,6-9,12H2,1-2H3,(H,21,27). The van der Waals surface area contributed by atoms with Crippen LogP contribution < -0.4 is 10.7 Å². The predicted octanol–water partition coefficient (Wildman–Crippen LogP) is 1.42. The van der Waals surface area contributed by atoms with Crippen molar-refractivity contribution < 1.29 is 9.53 Å². The van der Waals surface area contributed by atoms with Gasteiger partial charge in [0.2, 0.25) is 5.43 Å². The zero-order valence-electron chi connectivity index (χ0n) is 16.1. The fraction of sp³-hybridized carbons (Fsp3) is 0.400. The summed E-state index contributed by atoms with van der Waals surface area (Å²) in [5.74, 6) is -0.376. The van der Waals surface area contributed by atoms with Crippen LogP contribution in [0.4, 0.5) is 0 Å². The smallest absolute Gasteiger partial charge is 0.256 e. The number of nitrogens with zero attached hydrogens (tertiary/aromatic N) is 4. The maximum absolute atomic E-state index is 12.8. The van der Waals surface area contributed by atoms with Crippen LogP contribution in [0.3, 0.4) is 0 Å². The molecule has 1 N–H and O–H groups in total. The van der Waals surface area contributed by atoms with Crippen LogP contribution in [0.25, 0.3) is 11.0 Å². The molecular formula is C20H23N5O3. The molecule has 1 aliphatic rings. The normalized spacial score (nSPS) is 13.5. The summed E-state index contributed by atoms with van der Waals surface area (Å²) in [6, 6.07) is 3.52. The molecule has 3 aromatic rings. The van der Waals surface area contributed by atoms with Crippen LogP contribution in [-0.2, 0) is 30.9 Å². The molecule has 4 heterocycles. The highest BCUT2D eigenvalue weighted by Crippen LogP contribution is 2.15. The molecule has 3 aromatic heterocycles. The quantitative estimate of drug-likeness (QED) is 0.722. The second-order valence-electron chi connectivity index (χ2n) is 6.88. The van der Waals surface area contributed by atoms with Crippen molar-refractivity contribution in [3.63, 3.8) is 0 Å². The number of amides is 1. The summed E-state index contributed by atoms with van der Waals surface area (Å²) in [7, 11) is 0. The summed E-state index contributed by atoms with van der Waals surface area (Å²) in [4.78, 5) is 29.9. The Labute approximate surface area is 162 Å². The lowest BCUT2D eigenvalue weighted by atomic mass is 10.1. The van der Waals surface area contributed by atoms with Crippen molar-refractivity contribution in [3.05, 3.63) is 57.3 Å². The van der Waals surface area contributed by atoms with E-state index in [0.717, 1.165) is 23.4 Å². The minimum atomic E-state index is -0.376. The van der Waals surface area contributed by atoms with Gasteiger partial charge in [0.1, 0.15) is 11.2 Å². The first kappa shape index (κ1) is 18.4. The highest BCUT2D eigenvalue weighted by Gasteiger charge is 2.17. The van der Waals surface area contributed by atoms with E-state index < -0.39 is 0 Å². The molecule has 1 aliphatic heterocycles. The highest BCUT2D eigenvalue weighted by atomic mass is 16.5. The van der Waals surface area contributed by atoms with Gasteiger partial charge in [-0.3, -0.25) is 14.3 Å². The number of aryl methyl sites for hydroxylation is 2. The van der Waals surface area contributed by atoms with Crippen LogP contribution in [0.1, 0.15) is 34.2 Å². The molecule has 8 heteroatoms. The van der Waals surface area contributed by atoms with E-state index in [0.29, 0.717) is 43.9 Å². The Morgan fingerprint density at radius 2 is 2.21 bits per heavy atom. The van der Waals surface area contributed by atoms with E-state index in [1.807, 2.05) is 29.3 Å². The molecule has 0 fully saturated rings. The van der Waals surface area contributed by atoms with E-state index in [4.69, 9.17) is 4.74 Å². The van der Waals surface area contributed by atoms with Gasteiger partial charge in [-0.15, -0.1) is 0 Å². The second kappa shape index (κ2) is 7.55. The van der Waals surface area contributed by atoms with Crippen LogP contribution in [0.15, 0.2) is 29.3 Å². The van der Waals surface area contributed by atoms with E-state index in [1.54, 1.807) is 18.3 Å². The van der Waals surface area contributed by atoms with Crippen molar-refractivity contribution in [3.8, 4) is 0 Å². The fourth-order valence-electron chi connectivity index (χ4n) is 3.54. The first-order valence-corrected chi connectivity index (χ1v) is 9.48. The lowest BCUT2D eigenvalue weighted by Gasteiger charge is -2.15. The van der Waals surface area contributed by atoms with Crippen LogP contribution in [0.5, 0.6) is 0 Å². The van der Waals surface area contributed by atoms with Gasteiger partial charge in [0.15, 0.2) is 0 Å². The van der Waals surface area contributed by atoms with Crippen molar-refractivity contribution in [1.82, 2.24) is 24.6 Å². The third-order valence-electron chi connectivity index (χ3n) is 5.03. The number of fused-ring (bicyclic) bond motifs is 2. The highest BCUT2D eigenvalue weighted by molar-refractivity contribution is 5.96. The number of rotatable bonds is 5. The first-order valence-electron chi connectivity index (χ1n) is 9.48. The van der Waals surface area contributed by atoms with Gasteiger partial charge in [0, 0.05) is 42.7 Å². The minimum Gasteiger partial charge on any atom is -0.376 e. The Balaban J connectivity index is 1.53. The summed E-state index contributed by atoms with van der Waals surface area (Å²) in [6.07, 6.45) is 4.23. The zero-order chi connectivity index (χ0) is 19.7. The molecule has 0 bridgehead atoms. The molecule has 8 nitrogen and oxygen atoms in total. The number of pyridine rings is 2. The van der Waals surface area contributed by atoms with Gasteiger partial charge in [0.25, 0.3) is 5.91 Å². The number of carbonyl (C=O) groups excluding carboxylic acids is 1. The molecule has 0 spiro atoms. The topological polar surface area (TPSA) is 91.0 Å². The molecule has 0 aliphatic carbocycles. The molecule has 0 unspecified atom stereocenters. The Bertz CT molecular complexity index is 1100. The lowest BCUT2D eigenvalue weighted by Crippen LogP contribution is -2.32. The molecule has 4 rings (SSSR count). The third kappa shape index (κ3) is 3.31. The average Bonchev–Trinajstić information content (AvgIpc) is 3.11. The molecule has 146 valence electrons. The van der Waals surface area contributed by atoms with Gasteiger partial charge >= 0.3 is 0 Å². The van der Waals surface area contributed by atoms with Crippen LogP contribution in [0.2, 0.25) is 0 Å². The van der Waals surface area contributed by atoms with Crippen molar-refractivity contribution in [2.24, 2.45) is 0 Å². The molecule has 1 amide bonds. The zero-order valence-corrected chi connectivity index (χ0v) is 16.1. The Hall–Kier alpha value is -3.00. The second-order valence-corrected chi connectivity index (χ2v) is 6.88. The van der Waals surface area contributed by atoms with E-state index in [9.17, 15) is 9.59 Å². The number of nitrogens with one attached hydrogen (secondary N) is 1. The summed E-state index contributed by atoms with van der Waals surface area (Å²) >= 11 is 0. The SMILES string of the molecule is CCn1cc(C(=O)NCCn2ncc3c2CCOC3)c(=O)c2ccc(C)nc21. The molecule has 0 saturated heterocycles. The van der Waals surface area contributed by atoms with Gasteiger partial charge in [-0.25, -0.2) is 4.98 Å². The predicted molar refractivity (Wildman–Crippen MR) is 104 cm³/mol. The van der Waals surface area contributed by atoms with Crippen LogP contribution >= 0.6 is 0 Å². The lowest BCUT2D eigenvalue weighted by molar-refractivity contribution is 0.0948. The van der Waals surface area contributed by atoms with Crippen LogP contribution in [-0.4, -0.2) is 38.4 Å². The van der Waals surface area contributed by atoms with Gasteiger partial charge in [-0.05, 0) is 26.0 Å². The van der Waals surface area contributed by atoms with Crippen molar-refractivity contribution in [2.45, 2.75) is 40.0 Å². The minimum absolute atomic E-state index is 0.135. The molecule has 0 atom stereocenters. The first-order chi connectivity index (χ1) is 13.6. The molecule has 0 radical (unpaired) electrons. The largest absolute Gasteiger partial charge is 0.376 e. The van der Waals surface area contributed by atoms with E-state index in [-0.39, 0.29) is 16.9 Å². The van der Waals surface area contributed by atoms with Crippen LogP contribution in [0, 0.1) is 6.92 Å². The molecule has 0 saturated carbocycles. The van der Waals surface area contributed by atoms with Crippen molar-refractivity contribution >= 4 is 16.9 Å². The van der Waals surface area contributed by atoms with Gasteiger partial charge < -0.3 is 14.6 Å². The Morgan fingerprint density at radius 1 is 1.36 bits per heavy atom. The number of ether oxygens (including phenoxy) is 1. The third-order valence-corrected chi connectivity index (χ3v) is 5.03. The maximum Gasteiger partial charge on any atom is 0.256 e. The monoisotopic (exact) mass is 381 g/mol. The molecule has 28 heavy (non-hydrogen) atoms. The van der Waals surface area contributed by atoms with E-state index in [2.05, 4.69) is 15.4 Å². The number of aromatic nitrogens is 4. The number of carbonyl (C=O) groups is 1. The van der Waals surface area contributed by atoms with Gasteiger partial charge in [0.05, 0.1) is 31.3 Å². The Kier molecular flexibility index (Phi) is 4.95. The van der Waals surface area contributed by atoms with Crippen molar-refractivity contribution in [2.75, 3.05) is 13.2 Å². The maximum atomic E-state index is 12.8. The summed E-state index contributed by atoms with van der Waals surface area (Å²) in [5, 5.41) is 7.68. The molecule has 0 aromatic carbocycles. The number of hydrogen-bond acceptors (Lipinski definition) is 5. The van der Waals surface area contributed by atoms with E-state index >= 15 is 0 Å². The fourth-order valence-corrected chi connectivity index (χ4v) is 3.54. The van der Waals surface area contributed by atoms with Gasteiger partial charge in [-0.1, -0.05) is 0 Å². The average molecular weight is 381 g/mol. The van der Waals surface area contributed by atoms with Crippen molar-refractivity contribution in [1.29, 1.82) is 0 Å². The summed E-state index contributed by atoms with van der Waals surface area (Å²) < 4.78 is 9.16.